The predicted molar refractivity (Wildman–Crippen MR) is 65.3 cm³/mol. The second kappa shape index (κ2) is 4.52. The molecule has 1 aliphatic heterocycles. The van der Waals surface area contributed by atoms with Crippen molar-refractivity contribution in [2.75, 3.05) is 24.6 Å². The number of hydrogen-bond donors (Lipinski definition) is 3. The molecule has 18 heavy (non-hydrogen) atoms. The van der Waals surface area contributed by atoms with Crippen molar-refractivity contribution >= 4 is 23.4 Å². The van der Waals surface area contributed by atoms with Crippen molar-refractivity contribution in [3.05, 3.63) is 17.8 Å². The first kappa shape index (κ1) is 12.2. The number of amides is 1. The average molecular weight is 250 g/mol. The summed E-state index contributed by atoms with van der Waals surface area (Å²) in [5, 5.41) is 11.9. The van der Waals surface area contributed by atoms with E-state index in [1.807, 2.05) is 0 Å². The molecule has 0 saturated carbocycles. The highest BCUT2D eigenvalue weighted by Gasteiger charge is 2.29. The van der Waals surface area contributed by atoms with Gasteiger partial charge in [-0.05, 0) is 12.5 Å². The first-order valence-corrected chi connectivity index (χ1v) is 5.49. The third-order valence-electron chi connectivity index (χ3n) is 2.91. The Hall–Kier alpha value is -2.31. The molecule has 1 unspecified atom stereocenters. The number of rotatable bonds is 3. The summed E-state index contributed by atoms with van der Waals surface area (Å²) in [7, 11) is 1.73. The highest BCUT2D eigenvalue weighted by Crippen LogP contribution is 2.18. The lowest BCUT2D eigenvalue weighted by molar-refractivity contribution is -0.127. The van der Waals surface area contributed by atoms with Crippen molar-refractivity contribution in [1.29, 1.82) is 0 Å². The average Bonchev–Trinajstić information content (AvgIpc) is 2.63. The zero-order chi connectivity index (χ0) is 13.3. The Morgan fingerprint density at radius 3 is 2.94 bits per heavy atom. The van der Waals surface area contributed by atoms with Crippen LogP contribution in [-0.4, -0.2) is 46.5 Å². The van der Waals surface area contributed by atoms with Crippen molar-refractivity contribution in [2.24, 2.45) is 0 Å². The largest absolute Gasteiger partial charge is 0.478 e. The summed E-state index contributed by atoms with van der Waals surface area (Å²) in [6, 6.07) is 0.983. The van der Waals surface area contributed by atoms with Gasteiger partial charge < -0.3 is 21.1 Å². The number of carboxylic acid groups (broad SMARTS) is 1. The number of anilines is 2. The Balaban J connectivity index is 2.18. The Morgan fingerprint density at radius 1 is 1.67 bits per heavy atom. The van der Waals surface area contributed by atoms with Crippen LogP contribution in [0, 0.1) is 0 Å². The molecular weight excluding hydrogens is 236 g/mol. The third kappa shape index (κ3) is 2.20. The molecular formula is C11H14N4O3. The van der Waals surface area contributed by atoms with Crippen LogP contribution < -0.4 is 11.1 Å². The summed E-state index contributed by atoms with van der Waals surface area (Å²) < 4.78 is 0. The van der Waals surface area contributed by atoms with Gasteiger partial charge in [0.05, 0.1) is 17.4 Å². The number of pyridine rings is 1. The topological polar surface area (TPSA) is 109 Å². The fourth-order valence-electron chi connectivity index (χ4n) is 1.86. The molecule has 1 atom stereocenters. The smallest absolute Gasteiger partial charge is 0.337 e. The molecule has 2 rings (SSSR count). The van der Waals surface area contributed by atoms with Gasteiger partial charge in [0, 0.05) is 13.6 Å². The lowest BCUT2D eigenvalue weighted by atomic mass is 10.2. The van der Waals surface area contributed by atoms with Crippen LogP contribution in [0.4, 0.5) is 11.5 Å². The maximum absolute atomic E-state index is 11.7. The molecule has 7 nitrogen and oxygen atoms in total. The van der Waals surface area contributed by atoms with Crippen molar-refractivity contribution in [1.82, 2.24) is 9.88 Å². The Bertz CT molecular complexity index is 503. The van der Waals surface area contributed by atoms with Gasteiger partial charge in [0.2, 0.25) is 5.91 Å². The fraction of sp³-hybridized carbons (Fsp3) is 0.364. The van der Waals surface area contributed by atoms with Crippen LogP contribution in [0.2, 0.25) is 0 Å². The van der Waals surface area contributed by atoms with E-state index >= 15 is 0 Å². The van der Waals surface area contributed by atoms with Crippen LogP contribution in [0.1, 0.15) is 16.8 Å². The summed E-state index contributed by atoms with van der Waals surface area (Å²) in [4.78, 5) is 28.2. The standard InChI is InChI=1S/C11H14N4O3/c1-15-3-2-8(10(15)16)14-9-4-6(11(17)18)7(12)5-13-9/h4-5,8H,2-3,12H2,1H3,(H,13,14)(H,17,18). The van der Waals surface area contributed by atoms with E-state index in [0.29, 0.717) is 18.8 Å². The van der Waals surface area contributed by atoms with E-state index in [0.717, 1.165) is 0 Å². The summed E-state index contributed by atoms with van der Waals surface area (Å²) in [6.45, 7) is 0.678. The Labute approximate surface area is 104 Å². The monoisotopic (exact) mass is 250 g/mol. The molecule has 7 heteroatoms. The van der Waals surface area contributed by atoms with Crippen LogP contribution in [-0.2, 0) is 4.79 Å². The first-order valence-electron chi connectivity index (χ1n) is 5.49. The molecule has 1 saturated heterocycles. The highest BCUT2D eigenvalue weighted by atomic mass is 16.4. The number of nitrogens with zero attached hydrogens (tertiary/aromatic N) is 2. The predicted octanol–water partition coefficient (Wildman–Crippen LogP) is 0.00460. The molecule has 0 bridgehead atoms. The minimum atomic E-state index is -1.12. The van der Waals surface area contributed by atoms with E-state index in [1.54, 1.807) is 11.9 Å². The number of nitrogen functional groups attached to an aromatic ring is 1. The molecule has 96 valence electrons. The minimum absolute atomic E-state index is 0.0219. The number of hydrogen-bond acceptors (Lipinski definition) is 5. The van der Waals surface area contributed by atoms with Crippen molar-refractivity contribution in [3.8, 4) is 0 Å². The van der Waals surface area contributed by atoms with Crippen molar-refractivity contribution < 1.29 is 14.7 Å². The van der Waals surface area contributed by atoms with Gasteiger partial charge in [0.1, 0.15) is 11.9 Å². The SMILES string of the molecule is CN1CCC(Nc2cc(C(=O)O)c(N)cn2)C1=O. The molecule has 0 aliphatic carbocycles. The van der Waals surface area contributed by atoms with E-state index in [4.69, 9.17) is 10.8 Å². The van der Waals surface area contributed by atoms with Crippen LogP contribution >= 0.6 is 0 Å². The van der Waals surface area contributed by atoms with E-state index in [2.05, 4.69) is 10.3 Å². The lowest BCUT2D eigenvalue weighted by Gasteiger charge is -2.13. The number of carbonyl (C=O) groups excluding carboxylic acids is 1. The van der Waals surface area contributed by atoms with Gasteiger partial charge in [0.25, 0.3) is 0 Å². The minimum Gasteiger partial charge on any atom is -0.478 e. The third-order valence-corrected chi connectivity index (χ3v) is 2.91. The molecule has 1 fully saturated rings. The number of aromatic nitrogens is 1. The summed E-state index contributed by atoms with van der Waals surface area (Å²) >= 11 is 0. The quantitative estimate of drug-likeness (QED) is 0.697. The van der Waals surface area contributed by atoms with Gasteiger partial charge >= 0.3 is 5.97 Å². The lowest BCUT2D eigenvalue weighted by Crippen LogP contribution is -2.31. The Kier molecular flexibility index (Phi) is 3.05. The first-order chi connectivity index (χ1) is 8.49. The molecule has 4 N–H and O–H groups in total. The molecule has 2 heterocycles. The Morgan fingerprint density at radius 2 is 2.39 bits per heavy atom. The second-order valence-electron chi connectivity index (χ2n) is 4.21. The normalized spacial score (nSPS) is 19.1. The maximum Gasteiger partial charge on any atom is 0.337 e. The van der Waals surface area contributed by atoms with Crippen molar-refractivity contribution in [3.63, 3.8) is 0 Å². The molecule has 1 amide bonds. The van der Waals surface area contributed by atoms with Crippen LogP contribution in [0.25, 0.3) is 0 Å². The highest BCUT2D eigenvalue weighted by molar-refractivity contribution is 5.94. The van der Waals surface area contributed by atoms with E-state index in [-0.39, 0.29) is 23.2 Å². The van der Waals surface area contributed by atoms with Gasteiger partial charge in [-0.2, -0.15) is 0 Å². The van der Waals surface area contributed by atoms with Gasteiger partial charge in [-0.25, -0.2) is 9.78 Å². The number of aromatic carboxylic acids is 1. The van der Waals surface area contributed by atoms with Gasteiger partial charge in [-0.15, -0.1) is 0 Å². The van der Waals surface area contributed by atoms with Gasteiger partial charge in [-0.3, -0.25) is 4.79 Å². The zero-order valence-corrected chi connectivity index (χ0v) is 9.88. The summed E-state index contributed by atoms with van der Waals surface area (Å²) in [6.07, 6.45) is 1.94. The number of carboxylic acids is 1. The molecule has 1 aromatic rings. The van der Waals surface area contributed by atoms with Crippen LogP contribution in [0.3, 0.4) is 0 Å². The second-order valence-corrected chi connectivity index (χ2v) is 4.21. The van der Waals surface area contributed by atoms with E-state index in [9.17, 15) is 9.59 Å². The molecule has 1 aliphatic rings. The molecule has 1 aromatic heterocycles. The zero-order valence-electron chi connectivity index (χ0n) is 9.88. The number of nitrogens with two attached hydrogens (primary N) is 1. The van der Waals surface area contributed by atoms with Crippen LogP contribution in [0.15, 0.2) is 12.3 Å². The van der Waals surface area contributed by atoms with Crippen molar-refractivity contribution in [2.45, 2.75) is 12.5 Å². The molecule has 0 spiro atoms. The maximum atomic E-state index is 11.7. The molecule has 0 aromatic carbocycles. The number of nitrogens with one attached hydrogen (secondary N) is 1. The van der Waals surface area contributed by atoms with E-state index < -0.39 is 5.97 Å². The summed E-state index contributed by atoms with van der Waals surface area (Å²) in [5.41, 5.74) is 5.58. The van der Waals surface area contributed by atoms with Gasteiger partial charge in [0.15, 0.2) is 0 Å². The number of likely N-dealkylation sites (N-methyl/N-ethyl adjacent to an activating group) is 1. The number of carbonyl (C=O) groups is 2. The molecule has 0 radical (unpaired) electrons. The fourth-order valence-corrected chi connectivity index (χ4v) is 1.86. The van der Waals surface area contributed by atoms with Gasteiger partial charge in [-0.1, -0.05) is 0 Å². The summed E-state index contributed by atoms with van der Waals surface area (Å²) in [5.74, 6) is -0.798. The number of likely N-dealkylation sites (tertiary alicyclic amines) is 1. The van der Waals surface area contributed by atoms with Crippen LogP contribution in [0.5, 0.6) is 0 Å². The van der Waals surface area contributed by atoms with E-state index in [1.165, 1.54) is 12.3 Å².